The molecule has 0 N–H and O–H groups in total. The summed E-state index contributed by atoms with van der Waals surface area (Å²) < 4.78 is 2.64. The molecular formula is C9H6BrN5. The minimum atomic E-state index is 0.590. The highest BCUT2D eigenvalue weighted by Gasteiger charge is 1.98. The Kier molecular flexibility index (Phi) is 2.71. The van der Waals surface area contributed by atoms with Crippen LogP contribution in [0.4, 0.5) is 5.69 Å². The zero-order valence-electron chi connectivity index (χ0n) is 7.58. The van der Waals surface area contributed by atoms with E-state index in [1.165, 1.54) is 0 Å². The van der Waals surface area contributed by atoms with Crippen LogP contribution in [0, 0.1) is 0 Å². The van der Waals surface area contributed by atoms with Gasteiger partial charge in [-0.05, 0) is 33.6 Å². The molecular weight excluding hydrogens is 258 g/mol. The van der Waals surface area contributed by atoms with Crippen LogP contribution in [0.2, 0.25) is 0 Å². The second kappa shape index (κ2) is 4.16. The maximum atomic E-state index is 8.24. The molecule has 1 aromatic carbocycles. The van der Waals surface area contributed by atoms with Crippen LogP contribution in [-0.4, -0.2) is 9.78 Å². The zero-order valence-corrected chi connectivity index (χ0v) is 9.16. The maximum absolute atomic E-state index is 8.24. The Labute approximate surface area is 94.1 Å². The lowest BCUT2D eigenvalue weighted by Gasteiger charge is -2.00. The first kappa shape index (κ1) is 9.76. The van der Waals surface area contributed by atoms with Gasteiger partial charge in [0.15, 0.2) is 0 Å². The first-order valence-electron chi connectivity index (χ1n) is 4.15. The van der Waals surface area contributed by atoms with E-state index in [0.29, 0.717) is 5.69 Å². The summed E-state index contributed by atoms with van der Waals surface area (Å²) in [5.74, 6) is 0. The SMILES string of the molecule is [N-]=[N+]=Nc1ccc(-n2cc(Br)cn2)cc1. The highest BCUT2D eigenvalue weighted by molar-refractivity contribution is 9.10. The maximum Gasteiger partial charge on any atom is 0.0646 e. The van der Waals surface area contributed by atoms with Gasteiger partial charge in [0.1, 0.15) is 0 Å². The van der Waals surface area contributed by atoms with Crippen LogP contribution >= 0.6 is 15.9 Å². The molecule has 15 heavy (non-hydrogen) atoms. The zero-order chi connectivity index (χ0) is 10.7. The lowest BCUT2D eigenvalue weighted by Crippen LogP contribution is -1.92. The van der Waals surface area contributed by atoms with Crippen molar-refractivity contribution in [1.29, 1.82) is 0 Å². The Hall–Kier alpha value is -1.78. The van der Waals surface area contributed by atoms with Gasteiger partial charge in [0, 0.05) is 16.8 Å². The van der Waals surface area contributed by atoms with Crippen LogP contribution < -0.4 is 0 Å². The first-order valence-corrected chi connectivity index (χ1v) is 4.94. The van der Waals surface area contributed by atoms with Crippen LogP contribution in [0.1, 0.15) is 0 Å². The Morgan fingerprint density at radius 2 is 2.07 bits per heavy atom. The summed E-state index contributed by atoms with van der Waals surface area (Å²) in [6.07, 6.45) is 3.56. The van der Waals surface area contributed by atoms with Crippen molar-refractivity contribution in [2.45, 2.75) is 0 Å². The monoisotopic (exact) mass is 263 g/mol. The van der Waals surface area contributed by atoms with E-state index in [1.54, 1.807) is 23.0 Å². The fourth-order valence-corrected chi connectivity index (χ4v) is 1.45. The molecule has 0 spiro atoms. The Morgan fingerprint density at radius 1 is 1.33 bits per heavy atom. The summed E-state index contributed by atoms with van der Waals surface area (Å²) in [5, 5.41) is 7.62. The molecule has 2 rings (SSSR count). The Balaban J connectivity index is 2.35. The predicted octanol–water partition coefficient (Wildman–Crippen LogP) is 3.58. The van der Waals surface area contributed by atoms with E-state index in [4.69, 9.17) is 5.53 Å². The van der Waals surface area contributed by atoms with E-state index < -0.39 is 0 Å². The molecule has 1 heterocycles. The van der Waals surface area contributed by atoms with Crippen LogP contribution in [-0.2, 0) is 0 Å². The van der Waals surface area contributed by atoms with Crippen molar-refractivity contribution in [3.63, 3.8) is 0 Å². The first-order chi connectivity index (χ1) is 7.29. The highest BCUT2D eigenvalue weighted by Crippen LogP contribution is 2.17. The van der Waals surface area contributed by atoms with Crippen LogP contribution in [0.5, 0.6) is 0 Å². The third-order valence-corrected chi connectivity index (χ3v) is 2.24. The van der Waals surface area contributed by atoms with Crippen LogP contribution in [0.25, 0.3) is 16.1 Å². The molecule has 1 aromatic heterocycles. The largest absolute Gasteiger partial charge is 0.240 e. The molecule has 0 atom stereocenters. The van der Waals surface area contributed by atoms with Crippen molar-refractivity contribution < 1.29 is 0 Å². The minimum Gasteiger partial charge on any atom is -0.240 e. The Bertz CT molecular complexity index is 510. The molecule has 0 aliphatic rings. The number of hydrogen-bond donors (Lipinski definition) is 0. The third kappa shape index (κ3) is 2.18. The van der Waals surface area contributed by atoms with Gasteiger partial charge in [-0.25, -0.2) is 4.68 Å². The predicted molar refractivity (Wildman–Crippen MR) is 60.1 cm³/mol. The van der Waals surface area contributed by atoms with Crippen molar-refractivity contribution in [2.24, 2.45) is 5.11 Å². The molecule has 2 aromatic rings. The molecule has 0 fully saturated rings. The van der Waals surface area contributed by atoms with Crippen molar-refractivity contribution in [3.8, 4) is 5.69 Å². The van der Waals surface area contributed by atoms with E-state index in [0.717, 1.165) is 10.2 Å². The molecule has 0 saturated carbocycles. The molecule has 74 valence electrons. The molecule has 0 radical (unpaired) electrons. The average molecular weight is 264 g/mol. The summed E-state index contributed by atoms with van der Waals surface area (Å²) in [7, 11) is 0. The van der Waals surface area contributed by atoms with Gasteiger partial charge in [-0.2, -0.15) is 5.10 Å². The number of nitrogens with zero attached hydrogens (tertiary/aromatic N) is 5. The van der Waals surface area contributed by atoms with Gasteiger partial charge in [0.05, 0.1) is 16.4 Å². The summed E-state index contributed by atoms with van der Waals surface area (Å²) in [4.78, 5) is 2.71. The van der Waals surface area contributed by atoms with Gasteiger partial charge in [-0.3, -0.25) is 0 Å². The van der Waals surface area contributed by atoms with Gasteiger partial charge < -0.3 is 0 Å². The number of rotatable bonds is 2. The van der Waals surface area contributed by atoms with E-state index in [9.17, 15) is 0 Å². The van der Waals surface area contributed by atoms with E-state index in [1.807, 2.05) is 18.3 Å². The van der Waals surface area contributed by atoms with E-state index in [-0.39, 0.29) is 0 Å². The number of halogens is 1. The van der Waals surface area contributed by atoms with Crippen molar-refractivity contribution in [3.05, 3.63) is 51.6 Å². The van der Waals surface area contributed by atoms with Crippen molar-refractivity contribution in [2.75, 3.05) is 0 Å². The number of hydrogen-bond acceptors (Lipinski definition) is 2. The van der Waals surface area contributed by atoms with Crippen LogP contribution in [0.15, 0.2) is 46.2 Å². The highest BCUT2D eigenvalue weighted by atomic mass is 79.9. The van der Waals surface area contributed by atoms with E-state index in [2.05, 4.69) is 31.1 Å². The number of aromatic nitrogens is 2. The second-order valence-corrected chi connectivity index (χ2v) is 3.72. The standard InChI is InChI=1S/C9H6BrN5/c10-7-5-12-15(6-7)9-3-1-8(2-4-9)13-14-11/h1-6H. The smallest absolute Gasteiger partial charge is 0.0646 e. The number of benzene rings is 1. The lowest BCUT2D eigenvalue weighted by molar-refractivity contribution is 0.880. The van der Waals surface area contributed by atoms with Crippen molar-refractivity contribution >= 4 is 21.6 Å². The summed E-state index contributed by atoms with van der Waals surface area (Å²) in [5.41, 5.74) is 9.75. The summed E-state index contributed by atoms with van der Waals surface area (Å²) in [6, 6.07) is 7.15. The minimum absolute atomic E-state index is 0.590. The number of azide groups is 1. The van der Waals surface area contributed by atoms with Gasteiger partial charge in [0.25, 0.3) is 0 Å². The van der Waals surface area contributed by atoms with E-state index >= 15 is 0 Å². The lowest BCUT2D eigenvalue weighted by atomic mass is 10.3. The average Bonchev–Trinajstić information content (AvgIpc) is 2.67. The van der Waals surface area contributed by atoms with Crippen LogP contribution in [0.3, 0.4) is 0 Å². The molecule has 5 nitrogen and oxygen atoms in total. The Morgan fingerprint density at radius 3 is 2.60 bits per heavy atom. The molecule has 0 aliphatic heterocycles. The normalized spacial score (nSPS) is 9.67. The van der Waals surface area contributed by atoms with Gasteiger partial charge in [0.2, 0.25) is 0 Å². The molecule has 6 heteroatoms. The van der Waals surface area contributed by atoms with Gasteiger partial charge in [-0.1, -0.05) is 17.2 Å². The summed E-state index contributed by atoms with van der Waals surface area (Å²) >= 11 is 3.32. The van der Waals surface area contributed by atoms with Crippen molar-refractivity contribution in [1.82, 2.24) is 9.78 Å². The summed E-state index contributed by atoms with van der Waals surface area (Å²) in [6.45, 7) is 0. The molecule has 0 amide bonds. The molecule has 0 saturated heterocycles. The molecule has 0 unspecified atom stereocenters. The topological polar surface area (TPSA) is 66.6 Å². The van der Waals surface area contributed by atoms with Gasteiger partial charge in [-0.15, -0.1) is 0 Å². The molecule has 0 bridgehead atoms. The molecule has 0 aliphatic carbocycles. The third-order valence-electron chi connectivity index (χ3n) is 1.83. The second-order valence-electron chi connectivity index (χ2n) is 2.81. The fraction of sp³-hybridized carbons (Fsp3) is 0. The van der Waals surface area contributed by atoms with Gasteiger partial charge >= 0.3 is 0 Å². The quantitative estimate of drug-likeness (QED) is 0.464. The fourth-order valence-electron chi connectivity index (χ4n) is 1.17.